The van der Waals surface area contributed by atoms with Crippen LogP contribution in [0.2, 0.25) is 0 Å². The zero-order valence-corrected chi connectivity index (χ0v) is 47.1. The molecule has 0 N–H and O–H groups in total. The predicted molar refractivity (Wildman–Crippen MR) is 294 cm³/mol. The number of carbonyl (C=O) groups is 13. The van der Waals surface area contributed by atoms with E-state index in [1.165, 1.54) is 30.4 Å². The van der Waals surface area contributed by atoms with Crippen molar-refractivity contribution in [3.8, 4) is 0 Å². The monoisotopic (exact) mass is 1280 g/mol. The maximum absolute atomic E-state index is 14.3. The highest BCUT2D eigenvalue weighted by atomic mass is 19.4. The SMILES string of the molecule is C=C1OC(=O)C2C=C(C(=O)C3=CC4C(=O)OC(=O)C4C=C3)C=CC12.C=C1OC(=O)C2C=C(C(C3=CC4C(=O)OC(=O)C4C=C3)(C(F)(F)F)C(F)(F)F)C=CC12.C=C1OC(=O)C2C=C(C3=CC4C(=O)OC(=O)C4C=C3)C=CC12.C=C1OC(=O)c2cc3c(cc21)C(=O)OC3=O. The van der Waals surface area contributed by atoms with Gasteiger partial charge < -0.3 is 37.9 Å². The molecule has 8 aliphatic heterocycles. The van der Waals surface area contributed by atoms with Crippen molar-refractivity contribution in [1.29, 1.82) is 0 Å². The molecular weight excluding hydrogens is 1240 g/mol. The number of allylic oxidation sites excluding steroid dienone is 15. The molecule has 1 aromatic rings. The summed E-state index contributed by atoms with van der Waals surface area (Å²) in [7, 11) is 0. The lowest BCUT2D eigenvalue weighted by atomic mass is 9.66. The molecule has 12 unspecified atom stereocenters. The van der Waals surface area contributed by atoms with Crippen molar-refractivity contribution in [2.75, 3.05) is 0 Å². The Kier molecular flexibility index (Phi) is 14.9. The second-order valence-electron chi connectivity index (χ2n) is 22.6. The van der Waals surface area contributed by atoms with Gasteiger partial charge in [0, 0.05) is 16.7 Å². The zero-order chi connectivity index (χ0) is 66.8. The van der Waals surface area contributed by atoms with E-state index in [0.29, 0.717) is 52.5 Å². The second kappa shape index (κ2) is 22.3. The number of halogens is 6. The van der Waals surface area contributed by atoms with Gasteiger partial charge in [-0.25, -0.2) is 14.4 Å². The van der Waals surface area contributed by atoms with Crippen LogP contribution < -0.4 is 0 Å². The molecule has 12 atom stereocenters. The fourth-order valence-electron chi connectivity index (χ4n) is 12.6. The first kappa shape index (κ1) is 62.0. The van der Waals surface area contributed by atoms with Crippen molar-refractivity contribution < 1.29 is 127 Å². The van der Waals surface area contributed by atoms with E-state index in [4.69, 9.17) is 18.9 Å². The highest BCUT2D eigenvalue weighted by molar-refractivity contribution is 6.17. The minimum absolute atomic E-state index is 0.0852. The van der Waals surface area contributed by atoms with Crippen LogP contribution in [0.4, 0.5) is 26.3 Å². The van der Waals surface area contributed by atoms with Crippen LogP contribution in [0.25, 0.3) is 5.76 Å². The topological polar surface area (TPSA) is 296 Å². The highest BCUT2D eigenvalue weighted by Crippen LogP contribution is 2.62. The van der Waals surface area contributed by atoms with Crippen LogP contribution in [-0.2, 0) is 85.8 Å². The minimum atomic E-state index is -5.91. The van der Waals surface area contributed by atoms with Crippen molar-refractivity contribution in [2.45, 2.75) is 12.4 Å². The molecular formula is C66H40F6O21. The van der Waals surface area contributed by atoms with Crippen molar-refractivity contribution in [3.63, 3.8) is 0 Å². The fourth-order valence-corrected chi connectivity index (χ4v) is 12.6. The van der Waals surface area contributed by atoms with Gasteiger partial charge in [0.05, 0.1) is 87.7 Å². The van der Waals surface area contributed by atoms with E-state index < -0.39 is 148 Å². The van der Waals surface area contributed by atoms with Crippen LogP contribution in [0.5, 0.6) is 0 Å². The van der Waals surface area contributed by atoms with E-state index >= 15 is 0 Å². The molecule has 14 aliphatic rings. The number of Topliss-reactive ketones (excluding diaryl/α,β-unsaturated/α-hetero) is 1. The molecule has 1 aromatic carbocycles. The largest absolute Gasteiger partial charge is 0.431 e. The molecule has 6 fully saturated rings. The van der Waals surface area contributed by atoms with Crippen molar-refractivity contribution >= 4 is 83.2 Å². The summed E-state index contributed by atoms with van der Waals surface area (Å²) in [4.78, 5) is 152. The number of ketones is 1. The number of ether oxygens (including phenoxy) is 8. The van der Waals surface area contributed by atoms with Crippen LogP contribution in [0.1, 0.15) is 36.6 Å². The summed E-state index contributed by atoms with van der Waals surface area (Å²) in [6, 6.07) is 2.70. The molecule has 0 saturated carbocycles. The van der Waals surface area contributed by atoms with Crippen molar-refractivity contribution in [1.82, 2.24) is 0 Å². The van der Waals surface area contributed by atoms with Gasteiger partial charge in [0.25, 0.3) is 0 Å². The van der Waals surface area contributed by atoms with Gasteiger partial charge in [-0.3, -0.25) is 47.9 Å². The minimum Gasteiger partial charge on any atom is -0.431 e. The molecule has 93 heavy (non-hydrogen) atoms. The average Bonchev–Trinajstić information content (AvgIpc) is 1.49. The Bertz CT molecular complexity index is 3980. The summed E-state index contributed by atoms with van der Waals surface area (Å²) in [5.74, 6) is -16.9. The molecule has 27 heteroatoms. The first-order chi connectivity index (χ1) is 43.9. The van der Waals surface area contributed by atoms with E-state index in [0.717, 1.165) is 23.3 Å². The Hall–Kier alpha value is -11.3. The van der Waals surface area contributed by atoms with Gasteiger partial charge >= 0.3 is 84.0 Å². The number of cyclic esters (lactones) is 12. The predicted octanol–water partition coefficient (Wildman–Crippen LogP) is 7.61. The summed E-state index contributed by atoms with van der Waals surface area (Å²) >= 11 is 0. The number of fused-ring (bicyclic) bond motifs is 8. The zero-order valence-electron chi connectivity index (χ0n) is 47.1. The number of benzene rings is 1. The molecule has 0 radical (unpaired) electrons. The summed E-state index contributed by atoms with van der Waals surface area (Å²) in [5, 5.41) is 0. The lowest BCUT2D eigenvalue weighted by Gasteiger charge is -2.41. The van der Waals surface area contributed by atoms with E-state index in [2.05, 4.69) is 45.3 Å². The van der Waals surface area contributed by atoms with Crippen LogP contribution in [0.15, 0.2) is 199 Å². The highest BCUT2D eigenvalue weighted by Gasteiger charge is 2.74. The van der Waals surface area contributed by atoms with Gasteiger partial charge in [-0.2, -0.15) is 26.3 Å². The van der Waals surface area contributed by atoms with E-state index in [9.17, 15) is 88.7 Å². The van der Waals surface area contributed by atoms with Crippen LogP contribution in [0, 0.1) is 76.4 Å². The van der Waals surface area contributed by atoms with Gasteiger partial charge in [-0.1, -0.05) is 136 Å². The first-order valence-electron chi connectivity index (χ1n) is 27.8. The van der Waals surface area contributed by atoms with Gasteiger partial charge in [0.1, 0.15) is 23.0 Å². The van der Waals surface area contributed by atoms with E-state index in [1.54, 1.807) is 36.5 Å². The lowest BCUT2D eigenvalue weighted by Crippen LogP contribution is -2.53. The third kappa shape index (κ3) is 10.3. The van der Waals surface area contributed by atoms with Crippen molar-refractivity contribution in [2.24, 2.45) is 76.4 Å². The molecule has 0 spiro atoms. The Morgan fingerprint density at radius 2 is 0.613 bits per heavy atom. The Morgan fingerprint density at radius 1 is 0.323 bits per heavy atom. The normalized spacial score (nSPS) is 30.2. The number of carbonyl (C=O) groups excluding carboxylic acids is 13. The van der Waals surface area contributed by atoms with E-state index in [1.807, 2.05) is 18.2 Å². The van der Waals surface area contributed by atoms with Crippen LogP contribution in [0.3, 0.4) is 0 Å². The molecule has 6 aliphatic carbocycles. The average molecular weight is 1280 g/mol. The summed E-state index contributed by atoms with van der Waals surface area (Å²) in [6.45, 7) is 14.4. The summed E-state index contributed by atoms with van der Waals surface area (Å²) < 4.78 is 123. The molecule has 8 heterocycles. The van der Waals surface area contributed by atoms with Gasteiger partial charge in [0.15, 0.2) is 5.78 Å². The van der Waals surface area contributed by atoms with Crippen LogP contribution >= 0.6 is 0 Å². The maximum Gasteiger partial charge on any atom is 0.411 e. The third-order valence-electron chi connectivity index (χ3n) is 17.3. The molecule has 472 valence electrons. The molecule has 15 rings (SSSR count). The Morgan fingerprint density at radius 3 is 1.05 bits per heavy atom. The number of hydrogen-bond acceptors (Lipinski definition) is 21. The summed E-state index contributed by atoms with van der Waals surface area (Å²) in [6.07, 6.45) is 12.3. The maximum atomic E-state index is 14.3. The number of alkyl halides is 6. The van der Waals surface area contributed by atoms with Crippen LogP contribution in [-0.4, -0.2) is 89.8 Å². The number of rotatable bonds is 5. The molecule has 0 bridgehead atoms. The van der Waals surface area contributed by atoms with E-state index in [-0.39, 0.29) is 57.7 Å². The van der Waals surface area contributed by atoms with Gasteiger partial charge in [0.2, 0.25) is 5.41 Å². The quantitative estimate of drug-likeness (QED) is 0.118. The molecule has 6 saturated heterocycles. The number of hydrogen-bond donors (Lipinski definition) is 0. The van der Waals surface area contributed by atoms with Crippen molar-refractivity contribution in [3.05, 3.63) is 221 Å². The summed E-state index contributed by atoms with van der Waals surface area (Å²) in [5.41, 5.74) is -3.93. The van der Waals surface area contributed by atoms with Gasteiger partial charge in [-0.05, 0) is 34.4 Å². The third-order valence-corrected chi connectivity index (χ3v) is 17.3. The second-order valence-corrected chi connectivity index (χ2v) is 22.6. The fraction of sp³-hybridized carbons (Fsp3) is 0.227. The number of esters is 12. The molecule has 0 amide bonds. The smallest absolute Gasteiger partial charge is 0.411 e. The standard InChI is InChI=1S/C20H12F6O5.C18H12O6.C17H12O5.C11H4O5/c1-8-11-4-2-9(6-13(11)16(28)30-8)18(19(21,22)23,20(24,25)26)10-3-5-12-14(7-10)17(29)31-15(12)27;1-8-11-4-2-9(6-13(11)17(21)23-8)15(19)10-3-5-12-14(7-10)18(22)24-16(12)20;1-8-11-4-2-9(6-13(11)16(19)21-8)10-3-5-12-14(7-10)17(20)22-15(12)18;1-4-5-2-7-8(11(14)16-10(7)13)3-6(5)9(12)15-4/h2-7,11-14H,1H2;2-7,11-14H,1H2;2-7,11-14H,1H2;2-3H,1H2. The lowest BCUT2D eigenvalue weighted by molar-refractivity contribution is -0.309. The molecule has 0 aromatic heterocycles. The molecule has 21 nitrogen and oxygen atoms in total. The Labute approximate surface area is 517 Å². The Balaban J connectivity index is 0.000000122. The van der Waals surface area contributed by atoms with Gasteiger partial charge in [-0.15, -0.1) is 0 Å². The first-order valence-corrected chi connectivity index (χ1v) is 27.8.